The molecule has 4 bridgehead atoms. The van der Waals surface area contributed by atoms with Crippen molar-refractivity contribution in [3.05, 3.63) is 157 Å². The summed E-state index contributed by atoms with van der Waals surface area (Å²) in [4.78, 5) is 77.0. The van der Waals surface area contributed by atoms with E-state index in [1.807, 2.05) is 84.9 Å². The summed E-state index contributed by atoms with van der Waals surface area (Å²) in [5.41, 5.74) is 22.6. The number of hydrogen-bond acceptors (Lipinski definition) is 21. The Kier molecular flexibility index (Phi) is 15.3. The number of amides is 1. The molecule has 87 heavy (non-hydrogen) atoms. The molecule has 4 aliphatic heterocycles. The molecule has 0 saturated carbocycles. The standard InChI is InChI=1S/C29H27N9O4S.C26H26N6O3S.C3H3N3O2/c1-16(39)24-25(19-9-20-13-43(41,42)14-21(10-19)37(20)29(40)27-32-15-33-36-27)35-28-22(12-34-38(28)26(24)30)18-7-8-23(31-11-18)17-5-3-2-4-6-17;1-15(33)23-24(18-9-19-13-36(34,35)14-20(10-18)30-19)31-26-21(12-29-32(26)25(23)27)17-7-8-22(28-11-17)16-5-3-2-4-6-16;7-3(8)2-4-1-5-6-2/h2-8,11-12,15,19-21H,9-10,13-14,30H2,1H3,(H,32,33,36);2-8,11-12,18-20,30H,9-10,13-14,27H2,1H3;1H,(H,7,8)(H,4,5,6). The number of ketones is 2. The largest absolute Gasteiger partial charge is 0.475 e. The summed E-state index contributed by atoms with van der Waals surface area (Å²) in [5, 5.41) is 32.3. The van der Waals surface area contributed by atoms with Gasteiger partial charge in [0.05, 0.1) is 69.3 Å². The van der Waals surface area contributed by atoms with Gasteiger partial charge in [-0.25, -0.2) is 41.6 Å². The second-order valence-corrected chi connectivity index (χ2v) is 26.2. The average Bonchev–Trinajstić information content (AvgIpc) is 1.88. The molecule has 0 radical (unpaired) electrons. The lowest BCUT2D eigenvalue weighted by Gasteiger charge is -2.48. The highest BCUT2D eigenvalue weighted by Crippen LogP contribution is 2.43. The third-order valence-electron chi connectivity index (χ3n) is 16.0. The van der Waals surface area contributed by atoms with Crippen LogP contribution in [0.4, 0.5) is 11.6 Å². The lowest BCUT2D eigenvalue weighted by molar-refractivity contribution is 0.0449. The Labute approximate surface area is 496 Å². The van der Waals surface area contributed by atoms with Crippen molar-refractivity contribution >= 4 is 66.0 Å². The van der Waals surface area contributed by atoms with Crippen LogP contribution in [-0.2, 0) is 19.7 Å². The summed E-state index contributed by atoms with van der Waals surface area (Å²) >= 11 is 0. The molecule has 0 aliphatic carbocycles. The third-order valence-corrected chi connectivity index (χ3v) is 19.6. The molecule has 12 heterocycles. The molecular formula is C58H56N18O9S2. The van der Waals surface area contributed by atoms with Crippen molar-refractivity contribution in [1.82, 2.24) is 79.7 Å². The van der Waals surface area contributed by atoms with Crippen molar-refractivity contribution in [2.75, 3.05) is 34.5 Å². The Morgan fingerprint density at radius 3 is 1.37 bits per heavy atom. The molecule has 4 atom stereocenters. The highest BCUT2D eigenvalue weighted by Gasteiger charge is 2.48. The molecule has 4 fully saturated rings. The molecule has 8 N–H and O–H groups in total. The summed E-state index contributed by atoms with van der Waals surface area (Å²) in [6, 6.07) is 26.0. The number of anilines is 2. The van der Waals surface area contributed by atoms with Crippen molar-refractivity contribution in [2.24, 2.45) is 0 Å². The summed E-state index contributed by atoms with van der Waals surface area (Å²) in [7, 11) is -6.45. The number of rotatable bonds is 10. The molecule has 10 aromatic rings. The van der Waals surface area contributed by atoms with E-state index in [2.05, 4.69) is 55.8 Å². The quantitative estimate of drug-likeness (QED) is 0.0989. The highest BCUT2D eigenvalue weighted by molar-refractivity contribution is 7.91. The molecule has 4 unspecified atom stereocenters. The van der Waals surface area contributed by atoms with E-state index >= 15 is 0 Å². The number of carboxylic acids is 1. The minimum atomic E-state index is -3.38. The number of carbonyl (C=O) groups excluding carboxylic acids is 3. The smallest absolute Gasteiger partial charge is 0.373 e. The number of carbonyl (C=O) groups is 4. The number of nitrogens with two attached hydrogens (primary N) is 2. The topological polar surface area (TPSA) is 393 Å². The fourth-order valence-corrected chi connectivity index (χ4v) is 16.1. The average molecular weight is 1210 g/mol. The minimum Gasteiger partial charge on any atom is -0.475 e. The molecule has 8 aromatic heterocycles. The normalized spacial score (nSPS) is 20.8. The van der Waals surface area contributed by atoms with Crippen molar-refractivity contribution in [3.63, 3.8) is 0 Å². The number of H-pyrrole nitrogens is 2. The Morgan fingerprint density at radius 1 is 0.540 bits per heavy atom. The first-order chi connectivity index (χ1) is 41.8. The van der Waals surface area contributed by atoms with Crippen LogP contribution in [0.25, 0.3) is 56.1 Å². The third kappa shape index (κ3) is 11.5. The fourth-order valence-electron chi connectivity index (χ4n) is 12.4. The highest BCUT2D eigenvalue weighted by atomic mass is 32.2. The summed E-state index contributed by atoms with van der Waals surface area (Å²) < 4.78 is 53.0. The fraction of sp³-hybridized carbons (Fsp3) is 0.276. The van der Waals surface area contributed by atoms with E-state index in [4.69, 9.17) is 26.5 Å². The number of pyridine rings is 2. The Morgan fingerprint density at radius 2 is 0.977 bits per heavy atom. The number of nitrogens with one attached hydrogen (secondary N) is 3. The van der Waals surface area contributed by atoms with Crippen LogP contribution in [0.15, 0.2) is 122 Å². The van der Waals surface area contributed by atoms with Crippen molar-refractivity contribution < 1.29 is 41.1 Å². The molecule has 27 nitrogen and oxygen atoms in total. The van der Waals surface area contributed by atoms with Gasteiger partial charge in [-0.2, -0.15) is 29.4 Å². The monoisotopic (exact) mass is 1210 g/mol. The van der Waals surface area contributed by atoms with E-state index in [1.54, 1.807) is 29.7 Å². The van der Waals surface area contributed by atoms with Gasteiger partial charge in [0, 0.05) is 81.8 Å². The molecular weight excluding hydrogens is 1160 g/mol. The van der Waals surface area contributed by atoms with Gasteiger partial charge >= 0.3 is 5.97 Å². The van der Waals surface area contributed by atoms with Gasteiger partial charge in [0.25, 0.3) is 5.91 Å². The van der Waals surface area contributed by atoms with E-state index in [0.29, 0.717) is 46.7 Å². The lowest BCUT2D eigenvalue weighted by Crippen LogP contribution is -2.60. The van der Waals surface area contributed by atoms with Crippen LogP contribution in [0.5, 0.6) is 0 Å². The maximum absolute atomic E-state index is 13.3. The zero-order valence-corrected chi connectivity index (χ0v) is 48.3. The van der Waals surface area contributed by atoms with E-state index in [1.165, 1.54) is 29.2 Å². The first-order valence-corrected chi connectivity index (χ1v) is 31.3. The number of nitrogen functional groups attached to an aromatic ring is 2. The van der Waals surface area contributed by atoms with Gasteiger partial charge in [-0.3, -0.25) is 34.5 Å². The number of benzene rings is 2. The van der Waals surface area contributed by atoms with Gasteiger partial charge in [-0.15, -0.1) is 0 Å². The first kappa shape index (κ1) is 57.4. The van der Waals surface area contributed by atoms with Gasteiger partial charge in [-0.1, -0.05) is 72.8 Å². The summed E-state index contributed by atoms with van der Waals surface area (Å²) in [6.45, 7) is 2.90. The number of fused-ring (bicyclic) bond motifs is 6. The van der Waals surface area contributed by atoms with Crippen LogP contribution in [0.2, 0.25) is 0 Å². The second-order valence-electron chi connectivity index (χ2n) is 21.9. The van der Waals surface area contributed by atoms with Gasteiger partial charge in [0.1, 0.15) is 24.3 Å². The van der Waals surface area contributed by atoms with Crippen molar-refractivity contribution in [1.29, 1.82) is 0 Å². The van der Waals surface area contributed by atoms with Gasteiger partial charge in [0.15, 0.2) is 42.5 Å². The van der Waals surface area contributed by atoms with Gasteiger partial charge < -0.3 is 26.8 Å². The van der Waals surface area contributed by atoms with Crippen LogP contribution in [0, 0.1) is 0 Å². The second kappa shape index (κ2) is 23.1. The molecule has 29 heteroatoms. The molecule has 2 aromatic carbocycles. The summed E-state index contributed by atoms with van der Waals surface area (Å²) in [5.74, 6) is -2.20. The van der Waals surface area contributed by atoms with E-state index in [9.17, 15) is 36.0 Å². The van der Waals surface area contributed by atoms with Gasteiger partial charge in [0.2, 0.25) is 11.6 Å². The number of Topliss-reactive ketones (excluding diaryl/α,β-unsaturated/α-hetero) is 2. The molecule has 4 saturated heterocycles. The minimum absolute atomic E-state index is 0.0526. The number of carboxylic acid groups (broad SMARTS) is 1. The molecule has 1 amide bonds. The number of nitrogens with zero attached hydrogens (tertiary/aromatic N) is 13. The predicted octanol–water partition coefficient (Wildman–Crippen LogP) is 4.93. The van der Waals surface area contributed by atoms with Crippen LogP contribution in [0.1, 0.15) is 105 Å². The van der Waals surface area contributed by atoms with E-state index < -0.39 is 43.6 Å². The van der Waals surface area contributed by atoms with Crippen LogP contribution < -0.4 is 16.8 Å². The van der Waals surface area contributed by atoms with Crippen LogP contribution >= 0.6 is 0 Å². The number of sulfone groups is 2. The molecule has 0 spiro atoms. The number of aromatic nitrogens is 14. The number of aromatic amines is 2. The maximum atomic E-state index is 13.3. The van der Waals surface area contributed by atoms with Gasteiger partial charge in [-0.05, 0) is 51.7 Å². The molecule has 4 aliphatic rings. The molecule has 14 rings (SSSR count). The predicted molar refractivity (Wildman–Crippen MR) is 318 cm³/mol. The van der Waals surface area contributed by atoms with Crippen LogP contribution in [0.3, 0.4) is 0 Å². The maximum Gasteiger partial charge on any atom is 0.373 e. The Balaban J connectivity index is 0.000000152. The van der Waals surface area contributed by atoms with Crippen LogP contribution in [-0.4, -0.2) is 167 Å². The zero-order valence-electron chi connectivity index (χ0n) is 46.7. The Hall–Kier alpha value is -10.00. The van der Waals surface area contributed by atoms with E-state index in [0.717, 1.165) is 45.5 Å². The van der Waals surface area contributed by atoms with Crippen molar-refractivity contribution in [3.8, 4) is 44.8 Å². The van der Waals surface area contributed by atoms with E-state index in [-0.39, 0.29) is 100 Å². The number of piperidine rings is 2. The summed E-state index contributed by atoms with van der Waals surface area (Å²) in [6.07, 6.45) is 11.0. The number of hydrogen-bond donors (Lipinski definition) is 6. The van der Waals surface area contributed by atoms with Crippen molar-refractivity contribution in [2.45, 2.75) is 75.5 Å². The lowest BCUT2D eigenvalue weighted by atomic mass is 9.82. The molecule has 444 valence electrons. The Bertz CT molecular complexity index is 4450. The first-order valence-electron chi connectivity index (χ1n) is 27.6. The zero-order chi connectivity index (χ0) is 60.9. The number of aromatic carboxylic acids is 1. The SMILES string of the molecule is CC(=O)c1c(C2CC3CS(=O)(=O)CC(C2)N3)nc2c(-c3ccc(-c4ccccc4)nc3)cnn2c1N.CC(=O)c1c(C2CC3CS(=O)(=O)CC(C2)N3C(=O)c2ncn[nH]2)nc2c(-c3ccc(-c4ccccc4)nc3)cnn2c1N.O=C(O)c1ncn[nH]1.